The number of thioether (sulfide) groups is 1. The predicted molar refractivity (Wildman–Crippen MR) is 142 cm³/mol. The van der Waals surface area contributed by atoms with E-state index in [-0.39, 0.29) is 28.9 Å². The summed E-state index contributed by atoms with van der Waals surface area (Å²) in [6.45, 7) is 9.90. The zero-order chi connectivity index (χ0) is 25.7. The Hall–Kier alpha value is -2.64. The molecule has 2 aliphatic rings. The van der Waals surface area contributed by atoms with E-state index >= 15 is 0 Å². The molecule has 0 saturated carbocycles. The molecule has 2 aliphatic heterocycles. The third-order valence-corrected chi connectivity index (χ3v) is 7.84. The van der Waals surface area contributed by atoms with E-state index in [0.717, 1.165) is 12.8 Å². The van der Waals surface area contributed by atoms with Crippen molar-refractivity contribution in [2.75, 3.05) is 31.1 Å². The van der Waals surface area contributed by atoms with Gasteiger partial charge in [0, 0.05) is 31.7 Å². The lowest BCUT2D eigenvalue weighted by atomic mass is 9.95. The number of carbonyl (C=O) groups is 2. The van der Waals surface area contributed by atoms with Gasteiger partial charge in [-0.05, 0) is 51.7 Å². The molecule has 2 fully saturated rings. The molecule has 0 radical (unpaired) electrons. The molecule has 2 saturated heterocycles. The molecule has 35 heavy (non-hydrogen) atoms. The first kappa shape index (κ1) is 27.0. The first-order valence-electron chi connectivity index (χ1n) is 12.1. The number of aromatic nitrogens is 1. The van der Waals surface area contributed by atoms with Gasteiger partial charge in [-0.15, -0.1) is 0 Å². The monoisotopic (exact) mass is 516 g/mol. The van der Waals surface area contributed by atoms with Crippen molar-refractivity contribution < 1.29 is 14.3 Å². The summed E-state index contributed by atoms with van der Waals surface area (Å²) in [5.74, 6) is 0.170. The van der Waals surface area contributed by atoms with Crippen LogP contribution in [0.1, 0.15) is 63.1 Å². The van der Waals surface area contributed by atoms with Gasteiger partial charge in [-0.3, -0.25) is 23.9 Å². The second kappa shape index (κ2) is 11.9. The van der Waals surface area contributed by atoms with Crippen molar-refractivity contribution >= 4 is 52.1 Å². The summed E-state index contributed by atoms with van der Waals surface area (Å²) in [6, 6.07) is 2.08. The molecule has 1 aromatic heterocycles. The summed E-state index contributed by atoms with van der Waals surface area (Å²) in [6.07, 6.45) is 4.66. The number of amides is 1. The highest BCUT2D eigenvalue weighted by Gasteiger charge is 2.33. The van der Waals surface area contributed by atoms with Crippen molar-refractivity contribution in [2.45, 2.75) is 59.9 Å². The summed E-state index contributed by atoms with van der Waals surface area (Å²) in [7, 11) is 0. The van der Waals surface area contributed by atoms with Crippen LogP contribution in [0.25, 0.3) is 6.08 Å². The van der Waals surface area contributed by atoms with Gasteiger partial charge in [-0.2, -0.15) is 5.26 Å². The number of unbranched alkanes of at least 4 members (excludes halogenated alkanes) is 1. The Bertz CT molecular complexity index is 1140. The average molecular weight is 517 g/mol. The smallest absolute Gasteiger partial charge is 0.309 e. The average Bonchev–Trinajstić information content (AvgIpc) is 3.12. The Morgan fingerprint density at radius 2 is 1.94 bits per heavy atom. The first-order chi connectivity index (χ1) is 16.8. The van der Waals surface area contributed by atoms with Gasteiger partial charge < -0.3 is 9.64 Å². The zero-order valence-electron chi connectivity index (χ0n) is 20.8. The molecule has 0 unspecified atom stereocenters. The normalized spacial score (nSPS) is 17.9. The Kier molecular flexibility index (Phi) is 9.14. The summed E-state index contributed by atoms with van der Waals surface area (Å²) < 4.78 is 7.38. The van der Waals surface area contributed by atoms with Crippen LogP contribution in [0, 0.1) is 24.2 Å². The van der Waals surface area contributed by atoms with E-state index in [1.54, 1.807) is 29.4 Å². The number of carbonyl (C=O) groups excluding carboxylic acids is 2. The maximum absolute atomic E-state index is 13.4. The maximum atomic E-state index is 13.4. The Morgan fingerprint density at radius 3 is 2.49 bits per heavy atom. The molecule has 8 nitrogen and oxygen atoms in total. The van der Waals surface area contributed by atoms with Gasteiger partial charge >= 0.3 is 5.97 Å². The van der Waals surface area contributed by atoms with Crippen molar-refractivity contribution in [3.8, 4) is 6.07 Å². The topological polar surface area (TPSA) is 95.6 Å². The number of nitrogens with zero attached hydrogens (tertiary/aromatic N) is 4. The standard InChI is InChI=1S/C25H32N4O4S2/c1-5-8-11-29-21(27-12-9-17(10-13-27)24(32)33-7-3)18(16(4)19(15-26)22(29)30)14-20-23(31)28(6-2)25(34)35-20/h14,17H,5-13H2,1-4H3/b20-14-. The largest absolute Gasteiger partial charge is 0.466 e. The van der Waals surface area contributed by atoms with E-state index in [1.807, 2.05) is 13.8 Å². The third-order valence-electron chi connectivity index (χ3n) is 6.46. The highest BCUT2D eigenvalue weighted by molar-refractivity contribution is 8.26. The molecule has 1 aromatic rings. The molecule has 0 aliphatic carbocycles. The minimum Gasteiger partial charge on any atom is -0.466 e. The summed E-state index contributed by atoms with van der Waals surface area (Å²) in [4.78, 5) is 42.7. The summed E-state index contributed by atoms with van der Waals surface area (Å²) in [5, 5.41) is 9.81. The fourth-order valence-corrected chi connectivity index (χ4v) is 5.87. The van der Waals surface area contributed by atoms with Crippen molar-refractivity contribution in [1.82, 2.24) is 9.47 Å². The lowest BCUT2D eigenvalue weighted by Crippen LogP contribution is -2.41. The van der Waals surface area contributed by atoms with Crippen LogP contribution in [0.4, 0.5) is 5.82 Å². The van der Waals surface area contributed by atoms with Gasteiger partial charge in [0.05, 0.1) is 17.4 Å². The van der Waals surface area contributed by atoms with E-state index in [2.05, 4.69) is 11.0 Å². The van der Waals surface area contributed by atoms with Gasteiger partial charge in [0.1, 0.15) is 21.8 Å². The van der Waals surface area contributed by atoms with Crippen LogP contribution >= 0.6 is 24.0 Å². The Labute approximate surface area is 215 Å². The number of anilines is 1. The van der Waals surface area contributed by atoms with Gasteiger partial charge in [0.15, 0.2) is 0 Å². The minimum atomic E-state index is -0.320. The second-order valence-electron chi connectivity index (χ2n) is 8.60. The number of hydrogen-bond donors (Lipinski definition) is 0. The molecule has 188 valence electrons. The van der Waals surface area contributed by atoms with Crippen molar-refractivity contribution in [2.24, 2.45) is 5.92 Å². The third kappa shape index (κ3) is 5.46. The van der Waals surface area contributed by atoms with Crippen molar-refractivity contribution in [3.63, 3.8) is 0 Å². The molecule has 0 atom stereocenters. The number of nitriles is 1. The lowest BCUT2D eigenvalue weighted by molar-refractivity contribution is -0.148. The molecule has 0 N–H and O–H groups in total. The number of likely N-dealkylation sites (N-methyl/N-ethyl adjacent to an activating group) is 1. The Morgan fingerprint density at radius 1 is 1.26 bits per heavy atom. The van der Waals surface area contributed by atoms with Crippen molar-refractivity contribution in [3.05, 3.63) is 31.9 Å². The molecule has 3 rings (SSSR count). The molecule has 10 heteroatoms. The second-order valence-corrected chi connectivity index (χ2v) is 10.3. The zero-order valence-corrected chi connectivity index (χ0v) is 22.4. The number of hydrogen-bond acceptors (Lipinski definition) is 8. The van der Waals surface area contributed by atoms with Crippen LogP contribution in [0.2, 0.25) is 0 Å². The van der Waals surface area contributed by atoms with Crippen LogP contribution in [-0.4, -0.2) is 51.9 Å². The molecule has 1 amide bonds. The number of esters is 1. The quantitative estimate of drug-likeness (QED) is 0.292. The van der Waals surface area contributed by atoms with Crippen molar-refractivity contribution in [1.29, 1.82) is 5.26 Å². The number of ether oxygens (including phenoxy) is 1. The number of rotatable bonds is 8. The fraction of sp³-hybridized carbons (Fsp3) is 0.560. The van der Waals surface area contributed by atoms with E-state index in [1.165, 1.54) is 11.8 Å². The highest BCUT2D eigenvalue weighted by Crippen LogP contribution is 2.36. The van der Waals surface area contributed by atoms with Gasteiger partial charge in [0.25, 0.3) is 11.5 Å². The van der Waals surface area contributed by atoms with Crippen LogP contribution < -0.4 is 10.5 Å². The fourth-order valence-electron chi connectivity index (χ4n) is 4.50. The number of pyridine rings is 1. The van der Waals surface area contributed by atoms with E-state index in [0.29, 0.717) is 71.8 Å². The van der Waals surface area contributed by atoms with Gasteiger partial charge in [-0.25, -0.2) is 0 Å². The molecule has 0 bridgehead atoms. The summed E-state index contributed by atoms with van der Waals surface area (Å²) >= 11 is 6.61. The van der Waals surface area contributed by atoms with Crippen LogP contribution in [-0.2, 0) is 20.9 Å². The number of piperidine rings is 1. The molecule has 3 heterocycles. The highest BCUT2D eigenvalue weighted by atomic mass is 32.2. The molecule has 0 spiro atoms. The number of thiocarbonyl (C=S) groups is 1. The van der Waals surface area contributed by atoms with Crippen LogP contribution in [0.3, 0.4) is 0 Å². The predicted octanol–water partition coefficient (Wildman–Crippen LogP) is 3.83. The van der Waals surface area contributed by atoms with Crippen LogP contribution in [0.5, 0.6) is 0 Å². The molecule has 0 aromatic carbocycles. The first-order valence-corrected chi connectivity index (χ1v) is 13.4. The lowest BCUT2D eigenvalue weighted by Gasteiger charge is -2.35. The maximum Gasteiger partial charge on any atom is 0.309 e. The van der Waals surface area contributed by atoms with E-state index in [4.69, 9.17) is 17.0 Å². The van der Waals surface area contributed by atoms with Gasteiger partial charge in [0.2, 0.25) is 0 Å². The van der Waals surface area contributed by atoms with Gasteiger partial charge in [-0.1, -0.05) is 37.3 Å². The minimum absolute atomic E-state index is 0.0866. The summed E-state index contributed by atoms with van der Waals surface area (Å²) in [5.41, 5.74) is 1.00. The van der Waals surface area contributed by atoms with E-state index < -0.39 is 0 Å². The van der Waals surface area contributed by atoms with E-state index in [9.17, 15) is 19.6 Å². The SMILES string of the molecule is CCCCn1c(N2CCC(C(=O)OCC)CC2)c(/C=C2\SC(=S)N(CC)C2=O)c(C)c(C#N)c1=O. The van der Waals surface area contributed by atoms with Crippen LogP contribution in [0.15, 0.2) is 9.70 Å². The molecular formula is C25H32N4O4S2. The molecular weight excluding hydrogens is 484 g/mol. The Balaban J connectivity index is 2.14.